The molecule has 59 heavy (non-hydrogen) atoms. The van der Waals surface area contributed by atoms with Crippen molar-refractivity contribution in [1.29, 1.82) is 0 Å². The van der Waals surface area contributed by atoms with Crippen molar-refractivity contribution in [2.75, 3.05) is 9.80 Å². The molecule has 0 aliphatic carbocycles. The molecule has 0 saturated heterocycles. The lowest BCUT2D eigenvalue weighted by atomic mass is 9.89. The average molecular weight is 775 g/mol. The largest absolute Gasteiger partial charge is 0.310 e. The van der Waals surface area contributed by atoms with Crippen LogP contribution in [0.25, 0.3) is 42.4 Å². The Kier molecular flexibility index (Phi) is 9.79. The van der Waals surface area contributed by atoms with E-state index >= 15 is 0 Å². The lowest BCUT2D eigenvalue weighted by Crippen LogP contribution is -2.09. The summed E-state index contributed by atoms with van der Waals surface area (Å²) in [6, 6.07) is 81.3. The van der Waals surface area contributed by atoms with Crippen LogP contribution in [0.2, 0.25) is 0 Å². The first-order valence-electron chi connectivity index (χ1n) is 20.2. The Morgan fingerprint density at radius 1 is 0.356 bits per heavy atom. The lowest BCUT2D eigenvalue weighted by molar-refractivity contribution is 1.19. The number of hydrogen-bond acceptors (Lipinski definition) is 3. The molecule has 0 amide bonds. The van der Waals surface area contributed by atoms with Gasteiger partial charge in [0.05, 0.1) is 0 Å². The van der Waals surface area contributed by atoms with E-state index in [1.165, 1.54) is 59.1 Å². The minimum absolute atomic E-state index is 0.862. The Bertz CT molecular complexity index is 2990. The van der Waals surface area contributed by atoms with Crippen LogP contribution in [-0.4, -0.2) is 0 Å². The molecule has 10 aromatic rings. The van der Waals surface area contributed by atoms with E-state index in [2.05, 4.69) is 241 Å². The average Bonchev–Trinajstić information content (AvgIpc) is 3.66. The Labute approximate surface area is 350 Å². The highest BCUT2D eigenvalue weighted by Gasteiger charge is 2.18. The van der Waals surface area contributed by atoms with E-state index < -0.39 is 0 Å². The lowest BCUT2D eigenvalue weighted by Gasteiger charge is -2.26. The van der Waals surface area contributed by atoms with Gasteiger partial charge in [0.25, 0.3) is 0 Å². The second kappa shape index (κ2) is 16.0. The molecule has 282 valence electrons. The predicted molar refractivity (Wildman–Crippen MR) is 254 cm³/mol. The number of aryl methyl sites for hydroxylation is 1. The smallest absolute Gasteiger partial charge is 0.0476 e. The van der Waals surface area contributed by atoms with Crippen LogP contribution in [0, 0.1) is 6.92 Å². The minimum Gasteiger partial charge on any atom is -0.310 e. The zero-order valence-electron chi connectivity index (χ0n) is 32.9. The molecule has 0 aliphatic heterocycles. The maximum atomic E-state index is 2.40. The number of anilines is 6. The molecule has 9 aromatic carbocycles. The predicted octanol–water partition coefficient (Wildman–Crippen LogP) is 16.2. The molecule has 0 saturated carbocycles. The van der Waals surface area contributed by atoms with Gasteiger partial charge in [-0.3, -0.25) is 0 Å². The van der Waals surface area contributed by atoms with Crippen LogP contribution in [0.1, 0.15) is 16.7 Å². The molecule has 0 radical (unpaired) electrons. The van der Waals surface area contributed by atoms with Crippen LogP contribution >= 0.6 is 11.3 Å². The maximum Gasteiger partial charge on any atom is 0.0476 e. The third-order valence-corrected chi connectivity index (χ3v) is 12.3. The van der Waals surface area contributed by atoms with E-state index in [9.17, 15) is 0 Å². The van der Waals surface area contributed by atoms with Crippen molar-refractivity contribution in [1.82, 2.24) is 0 Å². The van der Waals surface area contributed by atoms with E-state index in [0.29, 0.717) is 0 Å². The fraction of sp³-hybridized carbons (Fsp3) is 0.0357. The summed E-state index contributed by atoms with van der Waals surface area (Å²) < 4.78 is 2.53. The summed E-state index contributed by atoms with van der Waals surface area (Å²) in [5.74, 6) is 0. The van der Waals surface area contributed by atoms with Crippen LogP contribution in [0.15, 0.2) is 224 Å². The number of fused-ring (bicyclic) bond motifs is 3. The summed E-state index contributed by atoms with van der Waals surface area (Å²) in [5.41, 5.74) is 15.6. The van der Waals surface area contributed by atoms with Gasteiger partial charge in [-0.2, -0.15) is 0 Å². The fourth-order valence-corrected chi connectivity index (χ4v) is 9.47. The van der Waals surface area contributed by atoms with Gasteiger partial charge in [-0.05, 0) is 131 Å². The zero-order chi connectivity index (χ0) is 39.5. The SMILES string of the molecule is Cc1ccccc1-c1ccc(-c2cccc(N(c3ccccc3)c3ccc4c(c3)sc3ccc(N(c5ccccc5)c5ccccc5)cc34)c2)cc1Cc1ccccc1. The van der Waals surface area contributed by atoms with Gasteiger partial charge in [-0.1, -0.05) is 146 Å². The maximum absolute atomic E-state index is 2.40. The topological polar surface area (TPSA) is 6.48 Å². The molecule has 0 spiro atoms. The van der Waals surface area contributed by atoms with Crippen LogP contribution < -0.4 is 9.80 Å². The van der Waals surface area contributed by atoms with E-state index in [-0.39, 0.29) is 0 Å². The monoisotopic (exact) mass is 774 g/mol. The van der Waals surface area contributed by atoms with Gasteiger partial charge in [0.15, 0.2) is 0 Å². The second-order valence-electron chi connectivity index (χ2n) is 15.0. The van der Waals surface area contributed by atoms with Gasteiger partial charge in [-0.15, -0.1) is 11.3 Å². The molecule has 3 heteroatoms. The first kappa shape index (κ1) is 36.2. The van der Waals surface area contributed by atoms with Crippen LogP contribution in [0.5, 0.6) is 0 Å². The Hall–Kier alpha value is -7.20. The molecule has 1 aromatic heterocycles. The summed E-state index contributed by atoms with van der Waals surface area (Å²) in [7, 11) is 0. The zero-order valence-corrected chi connectivity index (χ0v) is 33.7. The van der Waals surface area contributed by atoms with Crippen molar-refractivity contribution in [3.05, 3.63) is 241 Å². The molecule has 10 rings (SSSR count). The Morgan fingerprint density at radius 3 is 1.58 bits per heavy atom. The number of rotatable bonds is 10. The Morgan fingerprint density at radius 2 is 0.898 bits per heavy atom. The third kappa shape index (κ3) is 7.29. The van der Waals surface area contributed by atoms with Crippen molar-refractivity contribution in [3.63, 3.8) is 0 Å². The highest BCUT2D eigenvalue weighted by molar-refractivity contribution is 7.25. The summed E-state index contributed by atoms with van der Waals surface area (Å²) >= 11 is 1.85. The first-order chi connectivity index (χ1) is 29.2. The fourth-order valence-electron chi connectivity index (χ4n) is 8.36. The molecule has 0 aliphatic rings. The quantitative estimate of drug-likeness (QED) is 0.137. The van der Waals surface area contributed by atoms with Crippen molar-refractivity contribution >= 4 is 65.6 Å². The van der Waals surface area contributed by atoms with Crippen molar-refractivity contribution in [3.8, 4) is 22.3 Å². The Balaban J connectivity index is 1.05. The summed E-state index contributed by atoms with van der Waals surface area (Å²) in [4.78, 5) is 4.72. The summed E-state index contributed by atoms with van der Waals surface area (Å²) in [6.45, 7) is 2.20. The van der Waals surface area contributed by atoms with Gasteiger partial charge >= 0.3 is 0 Å². The van der Waals surface area contributed by atoms with Crippen molar-refractivity contribution in [2.45, 2.75) is 13.3 Å². The highest BCUT2D eigenvalue weighted by Crippen LogP contribution is 2.44. The highest BCUT2D eigenvalue weighted by atomic mass is 32.1. The second-order valence-corrected chi connectivity index (χ2v) is 16.1. The molecule has 2 nitrogen and oxygen atoms in total. The van der Waals surface area contributed by atoms with E-state index in [1.54, 1.807) is 0 Å². The number of hydrogen-bond donors (Lipinski definition) is 0. The van der Waals surface area contributed by atoms with E-state index in [1.807, 2.05) is 11.3 Å². The minimum atomic E-state index is 0.862. The molecule has 0 unspecified atom stereocenters. The number of para-hydroxylation sites is 3. The number of benzene rings is 9. The van der Waals surface area contributed by atoms with Crippen LogP contribution in [0.3, 0.4) is 0 Å². The standard InChI is InChI=1S/C56H42N2S/c1-40-17-14-15-28-51(40)52-32-29-43(36-44(52)35-41-18-6-2-7-19-41)42-20-16-27-48(37-42)58(47-25-12-5-13-26-47)50-30-33-53-54-38-49(31-34-55(54)59-56(53)39-50)57(45-21-8-3-9-22-45)46-23-10-4-11-24-46/h2-34,36-39H,35H2,1H3. The van der Waals surface area contributed by atoms with E-state index in [0.717, 1.165) is 40.5 Å². The summed E-state index contributed by atoms with van der Waals surface area (Å²) in [6.07, 6.45) is 0.862. The normalized spacial score (nSPS) is 11.2. The molecular weight excluding hydrogens is 733 g/mol. The first-order valence-corrected chi connectivity index (χ1v) is 21.0. The van der Waals surface area contributed by atoms with Gasteiger partial charge in [0, 0.05) is 54.3 Å². The summed E-state index contributed by atoms with van der Waals surface area (Å²) in [5, 5.41) is 2.53. The molecular formula is C56H42N2S. The van der Waals surface area contributed by atoms with Gasteiger partial charge in [-0.25, -0.2) is 0 Å². The molecule has 0 atom stereocenters. The van der Waals surface area contributed by atoms with Crippen LogP contribution in [0.4, 0.5) is 34.1 Å². The van der Waals surface area contributed by atoms with Crippen molar-refractivity contribution < 1.29 is 0 Å². The number of thiophene rings is 1. The van der Waals surface area contributed by atoms with Gasteiger partial charge < -0.3 is 9.80 Å². The molecule has 0 bridgehead atoms. The molecule has 1 heterocycles. The van der Waals surface area contributed by atoms with Gasteiger partial charge in [0.2, 0.25) is 0 Å². The molecule has 0 fully saturated rings. The van der Waals surface area contributed by atoms with Crippen molar-refractivity contribution in [2.24, 2.45) is 0 Å². The van der Waals surface area contributed by atoms with Gasteiger partial charge in [0.1, 0.15) is 0 Å². The molecule has 0 N–H and O–H groups in total. The van der Waals surface area contributed by atoms with E-state index in [4.69, 9.17) is 0 Å². The third-order valence-electron chi connectivity index (χ3n) is 11.2. The number of nitrogens with zero attached hydrogens (tertiary/aromatic N) is 2. The van der Waals surface area contributed by atoms with Crippen LogP contribution in [-0.2, 0) is 6.42 Å².